The average Bonchev–Trinajstić information content (AvgIpc) is 2.21. The van der Waals surface area contributed by atoms with Crippen molar-refractivity contribution in [3.63, 3.8) is 0 Å². The van der Waals surface area contributed by atoms with Crippen LogP contribution < -0.4 is 5.32 Å². The standard InChI is InChI=1S/C10H15Cl2N3/c1-7(14-4)9(5-13-3)10(12)6-15-8(2)11/h5,14H,1,6H2,2-4H3/b10-9+,13-5-,15-8+. The van der Waals surface area contributed by atoms with Crippen molar-refractivity contribution in [2.45, 2.75) is 6.92 Å². The van der Waals surface area contributed by atoms with Crippen molar-refractivity contribution in [1.82, 2.24) is 5.32 Å². The van der Waals surface area contributed by atoms with Gasteiger partial charge in [-0.25, -0.2) is 0 Å². The van der Waals surface area contributed by atoms with Gasteiger partial charge in [0.1, 0.15) is 0 Å². The number of allylic oxidation sites excluding steroid dienone is 1. The first-order valence-electron chi connectivity index (χ1n) is 4.37. The van der Waals surface area contributed by atoms with Crippen LogP contribution in [0, 0.1) is 0 Å². The van der Waals surface area contributed by atoms with E-state index >= 15 is 0 Å². The highest BCUT2D eigenvalue weighted by Gasteiger charge is 2.04. The van der Waals surface area contributed by atoms with Crippen LogP contribution in [0.25, 0.3) is 0 Å². The molecule has 0 saturated carbocycles. The molecular formula is C10H15Cl2N3. The van der Waals surface area contributed by atoms with Crippen LogP contribution >= 0.6 is 23.2 Å². The number of aliphatic imine (C=N–C) groups is 2. The molecule has 0 fully saturated rings. The highest BCUT2D eigenvalue weighted by molar-refractivity contribution is 6.64. The molecule has 0 saturated heterocycles. The topological polar surface area (TPSA) is 36.8 Å². The first-order chi connectivity index (χ1) is 7.02. The highest BCUT2D eigenvalue weighted by atomic mass is 35.5. The molecule has 5 heteroatoms. The summed E-state index contributed by atoms with van der Waals surface area (Å²) in [5, 5.41) is 3.93. The molecular weight excluding hydrogens is 233 g/mol. The third-order valence-electron chi connectivity index (χ3n) is 1.61. The molecule has 0 aromatic carbocycles. The molecule has 0 heterocycles. The van der Waals surface area contributed by atoms with Gasteiger partial charge in [0, 0.05) is 31.6 Å². The van der Waals surface area contributed by atoms with Crippen molar-refractivity contribution in [2.75, 3.05) is 20.6 Å². The minimum Gasteiger partial charge on any atom is -0.388 e. The zero-order valence-corrected chi connectivity index (χ0v) is 10.7. The fourth-order valence-corrected chi connectivity index (χ4v) is 1.12. The van der Waals surface area contributed by atoms with Gasteiger partial charge in [0.25, 0.3) is 0 Å². The first kappa shape index (κ1) is 14.2. The minimum atomic E-state index is 0.332. The summed E-state index contributed by atoms with van der Waals surface area (Å²) in [7, 11) is 3.44. The molecule has 0 rings (SSSR count). The van der Waals surface area contributed by atoms with E-state index in [1.54, 1.807) is 27.2 Å². The minimum absolute atomic E-state index is 0.332. The summed E-state index contributed by atoms with van der Waals surface area (Å²) >= 11 is 11.7. The molecule has 0 spiro atoms. The second-order valence-electron chi connectivity index (χ2n) is 2.75. The molecule has 84 valence electrons. The molecule has 0 aliphatic rings. The molecule has 0 bridgehead atoms. The van der Waals surface area contributed by atoms with Crippen LogP contribution in [0.2, 0.25) is 0 Å². The van der Waals surface area contributed by atoms with E-state index < -0.39 is 0 Å². The second kappa shape index (κ2) is 7.49. The SMILES string of the molecule is C=C(NC)C(/C=N\C)=C(/Cl)C/N=C(\C)Cl. The molecule has 0 atom stereocenters. The number of nitrogens with zero attached hydrogens (tertiary/aromatic N) is 2. The average molecular weight is 248 g/mol. The van der Waals surface area contributed by atoms with Gasteiger partial charge in [0.2, 0.25) is 0 Å². The zero-order valence-electron chi connectivity index (χ0n) is 9.14. The molecule has 0 radical (unpaired) electrons. The fraction of sp³-hybridized carbons (Fsp3) is 0.400. The molecule has 15 heavy (non-hydrogen) atoms. The van der Waals surface area contributed by atoms with Crippen LogP contribution in [-0.4, -0.2) is 32.0 Å². The first-order valence-corrected chi connectivity index (χ1v) is 5.12. The van der Waals surface area contributed by atoms with E-state index in [9.17, 15) is 0 Å². The van der Waals surface area contributed by atoms with E-state index in [4.69, 9.17) is 23.2 Å². The van der Waals surface area contributed by atoms with Crippen LogP contribution in [-0.2, 0) is 0 Å². The Morgan fingerprint density at radius 3 is 2.47 bits per heavy atom. The van der Waals surface area contributed by atoms with Crippen molar-refractivity contribution in [1.29, 1.82) is 0 Å². The number of rotatable bonds is 5. The number of likely N-dealkylation sites (N-methyl/N-ethyl adjacent to an activating group) is 1. The van der Waals surface area contributed by atoms with Gasteiger partial charge in [-0.2, -0.15) is 0 Å². The number of halogens is 2. The Morgan fingerprint density at radius 1 is 1.47 bits per heavy atom. The Hall–Kier alpha value is -0.800. The number of hydrogen-bond donors (Lipinski definition) is 1. The normalized spacial score (nSPS) is 14.1. The predicted molar refractivity (Wildman–Crippen MR) is 69.3 cm³/mol. The van der Waals surface area contributed by atoms with Crippen molar-refractivity contribution < 1.29 is 0 Å². The maximum absolute atomic E-state index is 6.07. The summed E-state index contributed by atoms with van der Waals surface area (Å²) in [4.78, 5) is 7.91. The van der Waals surface area contributed by atoms with Crippen LogP contribution in [0.15, 0.2) is 32.9 Å². The lowest BCUT2D eigenvalue weighted by atomic mass is 10.2. The Labute approximate surface area is 101 Å². The molecule has 3 nitrogen and oxygen atoms in total. The van der Waals surface area contributed by atoms with Gasteiger partial charge in [-0.1, -0.05) is 29.8 Å². The molecule has 0 aromatic rings. The second-order valence-corrected chi connectivity index (χ2v) is 3.75. The van der Waals surface area contributed by atoms with E-state index in [1.807, 2.05) is 0 Å². The molecule has 1 N–H and O–H groups in total. The lowest BCUT2D eigenvalue weighted by Crippen LogP contribution is -2.09. The van der Waals surface area contributed by atoms with Gasteiger partial charge >= 0.3 is 0 Å². The van der Waals surface area contributed by atoms with Crippen molar-refractivity contribution in [2.24, 2.45) is 9.98 Å². The number of hydrogen-bond acceptors (Lipinski definition) is 3. The van der Waals surface area contributed by atoms with Crippen molar-refractivity contribution >= 4 is 34.6 Å². The van der Waals surface area contributed by atoms with Gasteiger partial charge in [-0.05, 0) is 6.92 Å². The summed E-state index contributed by atoms with van der Waals surface area (Å²) < 4.78 is 0. The largest absolute Gasteiger partial charge is 0.388 e. The molecule has 0 aliphatic heterocycles. The van der Waals surface area contributed by atoms with E-state index in [0.717, 1.165) is 5.57 Å². The lowest BCUT2D eigenvalue weighted by molar-refractivity contribution is 1.02. The predicted octanol–water partition coefficient (Wildman–Crippen LogP) is 2.57. The van der Waals surface area contributed by atoms with Crippen LogP contribution in [0.1, 0.15) is 6.92 Å². The van der Waals surface area contributed by atoms with Gasteiger partial charge in [0.15, 0.2) is 0 Å². The van der Waals surface area contributed by atoms with Crippen LogP contribution in [0.5, 0.6) is 0 Å². The van der Waals surface area contributed by atoms with Gasteiger partial charge in [-0.15, -0.1) is 0 Å². The zero-order chi connectivity index (χ0) is 11.8. The molecule has 0 aliphatic carbocycles. The smallest absolute Gasteiger partial charge is 0.0976 e. The Morgan fingerprint density at radius 2 is 2.07 bits per heavy atom. The summed E-state index contributed by atoms with van der Waals surface area (Å²) in [5.41, 5.74) is 1.44. The molecule has 0 aromatic heterocycles. The van der Waals surface area contributed by atoms with Crippen LogP contribution in [0.3, 0.4) is 0 Å². The Bertz CT molecular complexity index is 313. The maximum atomic E-state index is 6.07. The van der Waals surface area contributed by atoms with Crippen molar-refractivity contribution in [3.8, 4) is 0 Å². The molecule has 0 amide bonds. The van der Waals surface area contributed by atoms with Gasteiger partial charge in [0.05, 0.1) is 16.7 Å². The summed E-state index contributed by atoms with van der Waals surface area (Å²) in [5.74, 6) is 0. The number of nitrogens with one attached hydrogen (secondary N) is 1. The maximum Gasteiger partial charge on any atom is 0.0976 e. The monoisotopic (exact) mass is 247 g/mol. The van der Waals surface area contributed by atoms with E-state index in [2.05, 4.69) is 21.9 Å². The van der Waals surface area contributed by atoms with E-state index in [1.165, 1.54) is 0 Å². The summed E-state index contributed by atoms with van der Waals surface area (Å²) in [6.07, 6.45) is 1.64. The summed E-state index contributed by atoms with van der Waals surface area (Å²) in [6, 6.07) is 0. The Kier molecular flexibility index (Phi) is 7.09. The Balaban J connectivity index is 4.92. The fourth-order valence-electron chi connectivity index (χ4n) is 0.839. The van der Waals surface area contributed by atoms with Gasteiger partial charge < -0.3 is 5.32 Å². The summed E-state index contributed by atoms with van der Waals surface area (Å²) in [6.45, 7) is 5.85. The van der Waals surface area contributed by atoms with Gasteiger partial charge in [-0.3, -0.25) is 9.98 Å². The van der Waals surface area contributed by atoms with Crippen LogP contribution in [0.4, 0.5) is 0 Å². The van der Waals surface area contributed by atoms with E-state index in [-0.39, 0.29) is 0 Å². The third-order valence-corrected chi connectivity index (χ3v) is 2.06. The van der Waals surface area contributed by atoms with Crippen molar-refractivity contribution in [3.05, 3.63) is 22.9 Å². The lowest BCUT2D eigenvalue weighted by Gasteiger charge is -2.07. The molecule has 0 unspecified atom stereocenters. The third kappa shape index (κ3) is 5.60. The quantitative estimate of drug-likeness (QED) is 0.589. The highest BCUT2D eigenvalue weighted by Crippen LogP contribution is 2.14. The van der Waals surface area contributed by atoms with E-state index in [0.29, 0.717) is 22.4 Å².